The van der Waals surface area contributed by atoms with Crippen molar-refractivity contribution in [2.45, 2.75) is 6.92 Å². The van der Waals surface area contributed by atoms with Crippen LogP contribution in [0.5, 0.6) is 0 Å². The second-order valence-electron chi connectivity index (χ2n) is 3.59. The molecule has 5 nitrogen and oxygen atoms in total. The number of hydrogen-bond donors (Lipinski definition) is 2. The molecule has 0 unspecified atom stereocenters. The summed E-state index contributed by atoms with van der Waals surface area (Å²) in [6.45, 7) is 2.77. The van der Waals surface area contributed by atoms with E-state index in [0.717, 1.165) is 12.2 Å². The Balaban J connectivity index is 2.44. The van der Waals surface area contributed by atoms with Crippen LogP contribution in [-0.2, 0) is 0 Å². The number of nitrogens with one attached hydrogen (secondary N) is 1. The van der Waals surface area contributed by atoms with E-state index in [9.17, 15) is 0 Å². The molecular formula is C12H14ClN5. The van der Waals surface area contributed by atoms with Gasteiger partial charge in [-0.3, -0.25) is 5.43 Å². The molecule has 6 heteroatoms. The van der Waals surface area contributed by atoms with Gasteiger partial charge in [-0.1, -0.05) is 29.8 Å². The van der Waals surface area contributed by atoms with E-state index >= 15 is 0 Å². The first-order valence-electron chi connectivity index (χ1n) is 5.58. The predicted octanol–water partition coefficient (Wildman–Crippen LogP) is 2.57. The molecule has 0 saturated carbocycles. The van der Waals surface area contributed by atoms with E-state index in [-0.39, 0.29) is 0 Å². The minimum Gasteiger partial charge on any atom is -0.325 e. The monoisotopic (exact) mass is 263 g/mol. The van der Waals surface area contributed by atoms with Gasteiger partial charge in [0.25, 0.3) is 0 Å². The Morgan fingerprint density at radius 1 is 1.33 bits per heavy atom. The highest BCUT2D eigenvalue weighted by Crippen LogP contribution is 2.29. The molecule has 1 heterocycles. The van der Waals surface area contributed by atoms with Gasteiger partial charge < -0.3 is 4.90 Å². The predicted molar refractivity (Wildman–Crippen MR) is 74.0 cm³/mol. The summed E-state index contributed by atoms with van der Waals surface area (Å²) in [5.41, 5.74) is 3.43. The number of halogens is 1. The van der Waals surface area contributed by atoms with Gasteiger partial charge in [0.2, 0.25) is 5.95 Å². The summed E-state index contributed by atoms with van der Waals surface area (Å²) in [5, 5.41) is 0.486. The molecule has 2 aromatic rings. The summed E-state index contributed by atoms with van der Waals surface area (Å²) in [6.07, 6.45) is 1.53. The summed E-state index contributed by atoms with van der Waals surface area (Å²) in [7, 11) is 0. The molecule has 18 heavy (non-hydrogen) atoms. The van der Waals surface area contributed by atoms with E-state index in [1.807, 2.05) is 42.2 Å². The van der Waals surface area contributed by atoms with Gasteiger partial charge in [0.05, 0.1) is 6.20 Å². The molecule has 0 atom stereocenters. The number of rotatable bonds is 4. The van der Waals surface area contributed by atoms with Crippen molar-refractivity contribution in [1.82, 2.24) is 9.97 Å². The molecule has 0 saturated heterocycles. The number of para-hydroxylation sites is 1. The number of benzene rings is 1. The van der Waals surface area contributed by atoms with Crippen LogP contribution in [0.2, 0.25) is 5.02 Å². The molecule has 0 fully saturated rings. The molecule has 0 aliphatic carbocycles. The van der Waals surface area contributed by atoms with Crippen molar-refractivity contribution in [1.29, 1.82) is 0 Å². The molecule has 0 bridgehead atoms. The van der Waals surface area contributed by atoms with E-state index < -0.39 is 0 Å². The SMILES string of the molecule is CCN(c1ccccc1)c1nc(NN)ncc1Cl. The fraction of sp³-hybridized carbons (Fsp3) is 0.167. The summed E-state index contributed by atoms with van der Waals surface area (Å²) < 4.78 is 0. The first kappa shape index (κ1) is 12.6. The Morgan fingerprint density at radius 2 is 2.06 bits per heavy atom. The summed E-state index contributed by atoms with van der Waals surface area (Å²) >= 11 is 6.14. The Kier molecular flexibility index (Phi) is 3.96. The van der Waals surface area contributed by atoms with Crippen LogP contribution < -0.4 is 16.2 Å². The van der Waals surface area contributed by atoms with E-state index in [1.54, 1.807) is 0 Å². The molecule has 1 aromatic carbocycles. The maximum absolute atomic E-state index is 6.14. The van der Waals surface area contributed by atoms with Crippen LogP contribution in [0.15, 0.2) is 36.5 Å². The van der Waals surface area contributed by atoms with Crippen LogP contribution in [0.3, 0.4) is 0 Å². The van der Waals surface area contributed by atoms with Gasteiger partial charge >= 0.3 is 0 Å². The smallest absolute Gasteiger partial charge is 0.239 e. The highest BCUT2D eigenvalue weighted by molar-refractivity contribution is 6.33. The third-order valence-electron chi connectivity index (χ3n) is 2.49. The number of anilines is 3. The van der Waals surface area contributed by atoms with Crippen LogP contribution in [0.1, 0.15) is 6.92 Å². The van der Waals surface area contributed by atoms with E-state index in [4.69, 9.17) is 17.4 Å². The lowest BCUT2D eigenvalue weighted by atomic mass is 10.3. The third kappa shape index (κ3) is 2.52. The molecule has 94 valence electrons. The first-order valence-corrected chi connectivity index (χ1v) is 5.95. The molecule has 0 amide bonds. The number of nitrogens with two attached hydrogens (primary N) is 1. The van der Waals surface area contributed by atoms with E-state index in [0.29, 0.717) is 16.8 Å². The van der Waals surface area contributed by atoms with E-state index in [2.05, 4.69) is 15.4 Å². The van der Waals surface area contributed by atoms with Gasteiger partial charge in [-0.2, -0.15) is 4.98 Å². The van der Waals surface area contributed by atoms with Crippen molar-refractivity contribution in [3.63, 3.8) is 0 Å². The Hall–Kier alpha value is -1.85. The van der Waals surface area contributed by atoms with Crippen molar-refractivity contribution in [3.8, 4) is 0 Å². The number of hydrogen-bond acceptors (Lipinski definition) is 5. The van der Waals surface area contributed by atoms with Crippen LogP contribution in [-0.4, -0.2) is 16.5 Å². The normalized spacial score (nSPS) is 10.2. The second-order valence-corrected chi connectivity index (χ2v) is 4.00. The minimum absolute atomic E-state index is 0.337. The summed E-state index contributed by atoms with van der Waals surface area (Å²) in [6, 6.07) is 9.89. The minimum atomic E-state index is 0.337. The summed E-state index contributed by atoms with van der Waals surface area (Å²) in [5.74, 6) is 6.28. The molecule has 3 N–H and O–H groups in total. The van der Waals surface area contributed by atoms with Crippen molar-refractivity contribution in [3.05, 3.63) is 41.6 Å². The molecule has 0 aliphatic heterocycles. The molecular weight excluding hydrogens is 250 g/mol. The van der Waals surface area contributed by atoms with Crippen LogP contribution in [0.25, 0.3) is 0 Å². The average molecular weight is 264 g/mol. The van der Waals surface area contributed by atoms with Crippen LogP contribution >= 0.6 is 11.6 Å². The topological polar surface area (TPSA) is 67.1 Å². The van der Waals surface area contributed by atoms with Gasteiger partial charge in [0.1, 0.15) is 5.02 Å². The van der Waals surface area contributed by atoms with Crippen molar-refractivity contribution in [2.75, 3.05) is 16.9 Å². The Labute approximate surface area is 111 Å². The quantitative estimate of drug-likeness (QED) is 0.656. The fourth-order valence-electron chi connectivity index (χ4n) is 1.68. The zero-order valence-corrected chi connectivity index (χ0v) is 10.7. The van der Waals surface area contributed by atoms with Gasteiger partial charge in [-0.05, 0) is 19.1 Å². The fourth-order valence-corrected chi connectivity index (χ4v) is 1.87. The lowest BCUT2D eigenvalue weighted by Crippen LogP contribution is -2.19. The molecule has 0 aliphatic rings. The van der Waals surface area contributed by atoms with Crippen LogP contribution in [0.4, 0.5) is 17.5 Å². The molecule has 0 spiro atoms. The van der Waals surface area contributed by atoms with Crippen molar-refractivity contribution >= 4 is 29.1 Å². The number of nitrogens with zero attached hydrogens (tertiary/aromatic N) is 3. The first-order chi connectivity index (χ1) is 8.76. The van der Waals surface area contributed by atoms with Crippen molar-refractivity contribution in [2.24, 2.45) is 5.84 Å². The zero-order valence-electron chi connectivity index (χ0n) is 9.97. The maximum atomic E-state index is 6.14. The highest BCUT2D eigenvalue weighted by Gasteiger charge is 2.13. The van der Waals surface area contributed by atoms with Gasteiger partial charge in [-0.15, -0.1) is 0 Å². The van der Waals surface area contributed by atoms with E-state index in [1.165, 1.54) is 6.20 Å². The van der Waals surface area contributed by atoms with Gasteiger partial charge in [-0.25, -0.2) is 10.8 Å². The number of hydrazine groups is 1. The van der Waals surface area contributed by atoms with Crippen molar-refractivity contribution < 1.29 is 0 Å². The Bertz CT molecular complexity index is 517. The number of aromatic nitrogens is 2. The second kappa shape index (κ2) is 5.66. The van der Waals surface area contributed by atoms with Gasteiger partial charge in [0, 0.05) is 12.2 Å². The largest absolute Gasteiger partial charge is 0.325 e. The van der Waals surface area contributed by atoms with Crippen LogP contribution in [0, 0.1) is 0 Å². The lowest BCUT2D eigenvalue weighted by molar-refractivity contribution is 0.974. The molecule has 2 rings (SSSR count). The number of nitrogen functional groups attached to an aromatic ring is 1. The average Bonchev–Trinajstić information content (AvgIpc) is 2.43. The highest BCUT2D eigenvalue weighted by atomic mass is 35.5. The lowest BCUT2D eigenvalue weighted by Gasteiger charge is -2.23. The molecule has 1 aromatic heterocycles. The van der Waals surface area contributed by atoms with Gasteiger partial charge in [0.15, 0.2) is 5.82 Å². The standard InChI is InChI=1S/C12H14ClN5/c1-2-18(9-6-4-3-5-7-9)11-10(13)8-15-12(16-11)17-14/h3-8H,2,14H2,1H3,(H,15,16,17). The zero-order chi connectivity index (χ0) is 13.0. The maximum Gasteiger partial charge on any atom is 0.239 e. The summed E-state index contributed by atoms with van der Waals surface area (Å²) in [4.78, 5) is 10.2. The third-order valence-corrected chi connectivity index (χ3v) is 2.76. The molecule has 0 radical (unpaired) electrons. The Morgan fingerprint density at radius 3 is 2.67 bits per heavy atom.